The summed E-state index contributed by atoms with van der Waals surface area (Å²) in [7, 11) is -3.72. The first kappa shape index (κ1) is 15.9. The molecule has 0 spiro atoms. The lowest BCUT2D eigenvalue weighted by molar-refractivity contribution is -0.142. The Morgan fingerprint density at radius 3 is 2.52 bits per heavy atom. The molecule has 116 valence electrons. The highest BCUT2D eigenvalue weighted by Crippen LogP contribution is 2.19. The van der Waals surface area contributed by atoms with Crippen LogP contribution in [-0.2, 0) is 21.5 Å². The first-order valence-corrected chi connectivity index (χ1v) is 8.05. The number of aliphatic carboxylic acids is 1. The van der Waals surface area contributed by atoms with E-state index in [0.29, 0.717) is 0 Å². The molecule has 0 amide bonds. The van der Waals surface area contributed by atoms with Gasteiger partial charge in [-0.25, -0.2) is 4.39 Å². The second kappa shape index (κ2) is 6.50. The molecule has 0 bridgehead atoms. The molecule has 1 fully saturated rings. The van der Waals surface area contributed by atoms with E-state index in [0.717, 1.165) is 0 Å². The van der Waals surface area contributed by atoms with Gasteiger partial charge in [0.15, 0.2) is 0 Å². The maximum atomic E-state index is 13.4. The van der Waals surface area contributed by atoms with E-state index in [-0.39, 0.29) is 38.0 Å². The van der Waals surface area contributed by atoms with Gasteiger partial charge in [-0.2, -0.15) is 17.4 Å². The molecular formula is C13H17FN2O4S. The van der Waals surface area contributed by atoms with E-state index in [1.165, 1.54) is 22.5 Å². The number of halogens is 1. The van der Waals surface area contributed by atoms with Crippen molar-refractivity contribution in [2.45, 2.75) is 19.4 Å². The van der Waals surface area contributed by atoms with E-state index in [2.05, 4.69) is 4.72 Å². The van der Waals surface area contributed by atoms with Crippen LogP contribution in [0.15, 0.2) is 24.3 Å². The second-order valence-corrected chi connectivity index (χ2v) is 6.68. The van der Waals surface area contributed by atoms with Gasteiger partial charge < -0.3 is 5.11 Å². The summed E-state index contributed by atoms with van der Waals surface area (Å²) in [6.45, 7) is 0.182. The van der Waals surface area contributed by atoms with Gasteiger partial charge in [-0.05, 0) is 18.9 Å². The zero-order chi connectivity index (χ0) is 15.5. The average molecular weight is 316 g/mol. The molecule has 1 aliphatic heterocycles. The number of piperidine rings is 1. The maximum absolute atomic E-state index is 13.4. The van der Waals surface area contributed by atoms with E-state index in [1.54, 1.807) is 6.07 Å². The predicted octanol–water partition coefficient (Wildman–Crippen LogP) is 0.957. The van der Waals surface area contributed by atoms with E-state index in [1.807, 2.05) is 0 Å². The van der Waals surface area contributed by atoms with Gasteiger partial charge in [0, 0.05) is 25.2 Å². The van der Waals surface area contributed by atoms with Crippen LogP contribution in [0.25, 0.3) is 0 Å². The highest BCUT2D eigenvalue weighted by molar-refractivity contribution is 7.87. The van der Waals surface area contributed by atoms with Crippen LogP contribution in [0.3, 0.4) is 0 Å². The van der Waals surface area contributed by atoms with Gasteiger partial charge in [-0.3, -0.25) is 4.79 Å². The van der Waals surface area contributed by atoms with Crippen LogP contribution in [0.1, 0.15) is 18.4 Å². The van der Waals surface area contributed by atoms with Crippen LogP contribution in [0, 0.1) is 11.7 Å². The molecule has 1 aromatic rings. The van der Waals surface area contributed by atoms with Crippen molar-refractivity contribution in [3.05, 3.63) is 35.6 Å². The number of rotatable bonds is 5. The molecule has 1 heterocycles. The summed E-state index contributed by atoms with van der Waals surface area (Å²) >= 11 is 0. The van der Waals surface area contributed by atoms with Crippen molar-refractivity contribution in [2.75, 3.05) is 13.1 Å². The Labute approximate surface area is 122 Å². The molecule has 0 aromatic heterocycles. The number of hydrogen-bond donors (Lipinski definition) is 2. The SMILES string of the molecule is O=C(O)C1CCN(S(=O)(=O)NCc2ccccc2F)CC1. The standard InChI is InChI=1S/C13H17FN2O4S/c14-12-4-2-1-3-11(12)9-15-21(19,20)16-7-5-10(6-8-16)13(17)18/h1-4,10,15H,5-9H2,(H,17,18). The van der Waals surface area contributed by atoms with Gasteiger partial charge in [0.1, 0.15) is 5.82 Å². The number of nitrogens with zero attached hydrogens (tertiary/aromatic N) is 1. The zero-order valence-corrected chi connectivity index (χ0v) is 12.1. The van der Waals surface area contributed by atoms with Crippen molar-refractivity contribution >= 4 is 16.2 Å². The molecule has 21 heavy (non-hydrogen) atoms. The molecule has 0 radical (unpaired) electrons. The van der Waals surface area contributed by atoms with Crippen molar-refractivity contribution in [1.82, 2.24) is 9.03 Å². The fourth-order valence-corrected chi connectivity index (χ4v) is 3.46. The molecule has 2 N–H and O–H groups in total. The number of carbonyl (C=O) groups is 1. The molecule has 1 saturated heterocycles. The fourth-order valence-electron chi connectivity index (χ4n) is 2.25. The summed E-state index contributed by atoms with van der Waals surface area (Å²) in [6, 6.07) is 5.94. The van der Waals surface area contributed by atoms with Gasteiger partial charge in [0.25, 0.3) is 10.2 Å². The largest absolute Gasteiger partial charge is 0.481 e. The van der Waals surface area contributed by atoms with Gasteiger partial charge in [-0.1, -0.05) is 18.2 Å². The Hall–Kier alpha value is -1.51. The molecule has 0 aliphatic carbocycles. The topological polar surface area (TPSA) is 86.7 Å². The third kappa shape index (κ3) is 3.99. The lowest BCUT2D eigenvalue weighted by Crippen LogP contribution is -2.45. The minimum absolute atomic E-state index is 0.131. The minimum Gasteiger partial charge on any atom is -0.481 e. The van der Waals surface area contributed by atoms with Crippen LogP contribution >= 0.6 is 0 Å². The van der Waals surface area contributed by atoms with Crippen LogP contribution in [0.4, 0.5) is 4.39 Å². The molecule has 0 unspecified atom stereocenters. The van der Waals surface area contributed by atoms with Gasteiger partial charge in [0.05, 0.1) is 5.92 Å². The Morgan fingerprint density at radius 1 is 1.33 bits per heavy atom. The van der Waals surface area contributed by atoms with E-state index in [4.69, 9.17) is 5.11 Å². The predicted molar refractivity (Wildman–Crippen MR) is 74.1 cm³/mol. The molecule has 6 nitrogen and oxygen atoms in total. The molecule has 2 rings (SSSR count). The monoisotopic (exact) mass is 316 g/mol. The minimum atomic E-state index is -3.72. The second-order valence-electron chi connectivity index (χ2n) is 4.93. The summed E-state index contributed by atoms with van der Waals surface area (Å²) in [5, 5.41) is 8.88. The average Bonchev–Trinajstić information content (AvgIpc) is 2.46. The third-order valence-electron chi connectivity index (χ3n) is 3.55. The molecule has 1 aliphatic rings. The van der Waals surface area contributed by atoms with Crippen LogP contribution in [0.2, 0.25) is 0 Å². The molecular weight excluding hydrogens is 299 g/mol. The number of benzene rings is 1. The van der Waals surface area contributed by atoms with Crippen molar-refractivity contribution in [3.63, 3.8) is 0 Å². The van der Waals surface area contributed by atoms with Crippen LogP contribution in [0.5, 0.6) is 0 Å². The van der Waals surface area contributed by atoms with Crippen molar-refractivity contribution in [2.24, 2.45) is 5.92 Å². The van der Waals surface area contributed by atoms with E-state index < -0.39 is 27.9 Å². The first-order chi connectivity index (χ1) is 9.90. The smallest absolute Gasteiger partial charge is 0.306 e. The van der Waals surface area contributed by atoms with Gasteiger partial charge >= 0.3 is 5.97 Å². The molecule has 8 heteroatoms. The summed E-state index contributed by atoms with van der Waals surface area (Å²) in [5.74, 6) is -1.86. The number of carboxylic acids is 1. The number of hydrogen-bond acceptors (Lipinski definition) is 3. The fraction of sp³-hybridized carbons (Fsp3) is 0.462. The normalized spacial score (nSPS) is 17.8. The first-order valence-electron chi connectivity index (χ1n) is 6.61. The Balaban J connectivity index is 1.94. The Morgan fingerprint density at radius 2 is 1.95 bits per heavy atom. The highest BCUT2D eigenvalue weighted by atomic mass is 32.2. The zero-order valence-electron chi connectivity index (χ0n) is 11.3. The Bertz CT molecular complexity index is 612. The summed E-state index contributed by atoms with van der Waals surface area (Å²) in [5.41, 5.74) is 0.265. The third-order valence-corrected chi connectivity index (χ3v) is 5.10. The van der Waals surface area contributed by atoms with E-state index >= 15 is 0 Å². The van der Waals surface area contributed by atoms with Crippen LogP contribution < -0.4 is 4.72 Å². The molecule has 0 atom stereocenters. The number of nitrogens with one attached hydrogen (secondary N) is 1. The maximum Gasteiger partial charge on any atom is 0.306 e. The van der Waals surface area contributed by atoms with Crippen molar-refractivity contribution < 1.29 is 22.7 Å². The quantitative estimate of drug-likeness (QED) is 0.847. The molecule has 0 saturated carbocycles. The summed E-state index contributed by atoms with van der Waals surface area (Å²) in [6.07, 6.45) is 0.575. The molecule has 1 aromatic carbocycles. The Kier molecular flexibility index (Phi) is 4.92. The van der Waals surface area contributed by atoms with Gasteiger partial charge in [0.2, 0.25) is 0 Å². The van der Waals surface area contributed by atoms with E-state index in [9.17, 15) is 17.6 Å². The van der Waals surface area contributed by atoms with Gasteiger partial charge in [-0.15, -0.1) is 0 Å². The van der Waals surface area contributed by atoms with Crippen LogP contribution in [-0.4, -0.2) is 36.9 Å². The summed E-state index contributed by atoms with van der Waals surface area (Å²) in [4.78, 5) is 10.8. The van der Waals surface area contributed by atoms with Crippen molar-refractivity contribution in [3.8, 4) is 0 Å². The number of carboxylic acid groups (broad SMARTS) is 1. The summed E-state index contributed by atoms with van der Waals surface area (Å²) < 4.78 is 41.2. The van der Waals surface area contributed by atoms with Crippen molar-refractivity contribution in [1.29, 1.82) is 0 Å². The lowest BCUT2D eigenvalue weighted by atomic mass is 9.99. The lowest BCUT2D eigenvalue weighted by Gasteiger charge is -2.29. The highest BCUT2D eigenvalue weighted by Gasteiger charge is 2.30.